The summed E-state index contributed by atoms with van der Waals surface area (Å²) in [4.78, 5) is 11.1. The molecule has 1 aliphatic rings. The monoisotopic (exact) mass is 261 g/mol. The molecular weight excluding hydrogens is 238 g/mol. The topological polar surface area (TPSA) is 63.3 Å². The standard InChI is InChI=1S/C16H23NO2/c17-14(13-7-3-1-4-8-13)11-16(12-15(18)19)9-5-2-6-10-16/h1,3-4,7-8,14H,2,5-6,9-12,17H2,(H,18,19). The fraction of sp³-hybridized carbons (Fsp3) is 0.562. The summed E-state index contributed by atoms with van der Waals surface area (Å²) in [5, 5.41) is 9.17. The Balaban J connectivity index is 2.09. The lowest BCUT2D eigenvalue weighted by molar-refractivity contribution is -0.140. The summed E-state index contributed by atoms with van der Waals surface area (Å²) in [6.45, 7) is 0. The molecule has 0 heterocycles. The molecule has 2 rings (SSSR count). The van der Waals surface area contributed by atoms with Crippen LogP contribution in [0.4, 0.5) is 0 Å². The molecule has 3 heteroatoms. The van der Waals surface area contributed by atoms with E-state index >= 15 is 0 Å². The van der Waals surface area contributed by atoms with E-state index in [1.807, 2.05) is 30.3 Å². The lowest BCUT2D eigenvalue weighted by atomic mass is 9.67. The minimum absolute atomic E-state index is 0.0568. The summed E-state index contributed by atoms with van der Waals surface area (Å²) in [6, 6.07) is 9.95. The van der Waals surface area contributed by atoms with Crippen molar-refractivity contribution in [2.24, 2.45) is 11.1 Å². The van der Waals surface area contributed by atoms with E-state index in [0.717, 1.165) is 37.7 Å². The normalized spacial score (nSPS) is 19.8. The molecule has 1 unspecified atom stereocenters. The Labute approximate surface area is 114 Å². The average molecular weight is 261 g/mol. The number of rotatable bonds is 5. The van der Waals surface area contributed by atoms with Gasteiger partial charge in [0.1, 0.15) is 0 Å². The van der Waals surface area contributed by atoms with Crippen molar-refractivity contribution in [3.8, 4) is 0 Å². The number of carbonyl (C=O) groups is 1. The molecule has 3 N–H and O–H groups in total. The second-order valence-electron chi connectivity index (χ2n) is 5.85. The maximum atomic E-state index is 11.1. The predicted octanol–water partition coefficient (Wildman–Crippen LogP) is 3.50. The number of nitrogens with two attached hydrogens (primary N) is 1. The van der Waals surface area contributed by atoms with Gasteiger partial charge in [0.05, 0.1) is 6.42 Å². The Morgan fingerprint density at radius 1 is 1.21 bits per heavy atom. The molecule has 1 fully saturated rings. The molecule has 19 heavy (non-hydrogen) atoms. The van der Waals surface area contributed by atoms with Crippen molar-refractivity contribution in [2.45, 2.75) is 51.0 Å². The molecule has 3 nitrogen and oxygen atoms in total. The van der Waals surface area contributed by atoms with Crippen LogP contribution in [0.15, 0.2) is 30.3 Å². The van der Waals surface area contributed by atoms with Crippen LogP contribution in [0.2, 0.25) is 0 Å². The molecule has 1 aromatic rings. The van der Waals surface area contributed by atoms with Gasteiger partial charge in [-0.2, -0.15) is 0 Å². The van der Waals surface area contributed by atoms with E-state index in [4.69, 9.17) is 5.73 Å². The number of carboxylic acids is 1. The molecule has 0 aromatic heterocycles. The molecule has 0 saturated heterocycles. The van der Waals surface area contributed by atoms with E-state index < -0.39 is 5.97 Å². The van der Waals surface area contributed by atoms with Crippen molar-refractivity contribution >= 4 is 5.97 Å². The molecule has 104 valence electrons. The third kappa shape index (κ3) is 3.80. The van der Waals surface area contributed by atoms with Gasteiger partial charge in [-0.25, -0.2) is 0 Å². The van der Waals surface area contributed by atoms with Gasteiger partial charge in [-0.05, 0) is 30.2 Å². The number of hydrogen-bond donors (Lipinski definition) is 2. The van der Waals surface area contributed by atoms with Crippen LogP contribution in [-0.4, -0.2) is 11.1 Å². The SMILES string of the molecule is NC(CC1(CC(=O)O)CCCCC1)c1ccccc1. The first-order chi connectivity index (χ1) is 9.11. The minimum Gasteiger partial charge on any atom is -0.481 e. The van der Waals surface area contributed by atoms with E-state index in [-0.39, 0.29) is 17.9 Å². The van der Waals surface area contributed by atoms with Crippen LogP contribution in [-0.2, 0) is 4.79 Å². The highest BCUT2D eigenvalue weighted by Gasteiger charge is 2.36. The van der Waals surface area contributed by atoms with Gasteiger partial charge in [0.25, 0.3) is 0 Å². The summed E-state index contributed by atoms with van der Waals surface area (Å²) in [7, 11) is 0. The highest BCUT2D eigenvalue weighted by Crippen LogP contribution is 2.45. The van der Waals surface area contributed by atoms with Crippen LogP contribution in [0.3, 0.4) is 0 Å². The lowest BCUT2D eigenvalue weighted by Gasteiger charge is -2.38. The second-order valence-corrected chi connectivity index (χ2v) is 5.85. The van der Waals surface area contributed by atoms with E-state index in [0.29, 0.717) is 0 Å². The highest BCUT2D eigenvalue weighted by atomic mass is 16.4. The summed E-state index contributed by atoms with van der Waals surface area (Å²) in [5.74, 6) is -0.692. The van der Waals surface area contributed by atoms with E-state index in [1.165, 1.54) is 6.42 Å². The minimum atomic E-state index is -0.692. The quantitative estimate of drug-likeness (QED) is 0.852. The molecule has 1 aromatic carbocycles. The Morgan fingerprint density at radius 3 is 2.42 bits per heavy atom. The molecule has 0 radical (unpaired) electrons. The Bertz CT molecular complexity index is 410. The Hall–Kier alpha value is -1.35. The number of hydrogen-bond acceptors (Lipinski definition) is 2. The molecule has 1 saturated carbocycles. The van der Waals surface area contributed by atoms with E-state index in [1.54, 1.807) is 0 Å². The number of benzene rings is 1. The summed E-state index contributed by atoms with van der Waals surface area (Å²) in [5.41, 5.74) is 7.31. The van der Waals surface area contributed by atoms with Crippen LogP contribution in [0.1, 0.15) is 56.6 Å². The first-order valence-corrected chi connectivity index (χ1v) is 7.14. The summed E-state index contributed by atoms with van der Waals surface area (Å²) in [6.07, 6.45) is 6.53. The van der Waals surface area contributed by atoms with Crippen molar-refractivity contribution < 1.29 is 9.90 Å². The van der Waals surface area contributed by atoms with Gasteiger partial charge in [-0.1, -0.05) is 49.6 Å². The fourth-order valence-corrected chi connectivity index (χ4v) is 3.36. The lowest BCUT2D eigenvalue weighted by Crippen LogP contribution is -2.31. The van der Waals surface area contributed by atoms with Crippen LogP contribution < -0.4 is 5.73 Å². The van der Waals surface area contributed by atoms with Gasteiger partial charge in [0, 0.05) is 6.04 Å². The van der Waals surface area contributed by atoms with Crippen molar-refractivity contribution in [3.05, 3.63) is 35.9 Å². The predicted molar refractivity (Wildman–Crippen MR) is 75.8 cm³/mol. The number of aliphatic carboxylic acids is 1. The molecule has 1 aliphatic carbocycles. The van der Waals surface area contributed by atoms with Crippen molar-refractivity contribution in [2.75, 3.05) is 0 Å². The van der Waals surface area contributed by atoms with Crippen LogP contribution >= 0.6 is 0 Å². The maximum absolute atomic E-state index is 11.1. The highest BCUT2D eigenvalue weighted by molar-refractivity contribution is 5.67. The zero-order valence-electron chi connectivity index (χ0n) is 11.3. The zero-order valence-corrected chi connectivity index (χ0v) is 11.3. The zero-order chi connectivity index (χ0) is 13.7. The molecule has 0 amide bonds. The van der Waals surface area contributed by atoms with Gasteiger partial charge in [0.15, 0.2) is 0 Å². The molecular formula is C16H23NO2. The van der Waals surface area contributed by atoms with Gasteiger partial charge in [-0.3, -0.25) is 4.79 Å². The van der Waals surface area contributed by atoms with Crippen molar-refractivity contribution in [3.63, 3.8) is 0 Å². The van der Waals surface area contributed by atoms with Crippen LogP contribution in [0.25, 0.3) is 0 Å². The van der Waals surface area contributed by atoms with Gasteiger partial charge < -0.3 is 10.8 Å². The van der Waals surface area contributed by atoms with Crippen molar-refractivity contribution in [1.29, 1.82) is 0 Å². The third-order valence-electron chi connectivity index (χ3n) is 4.32. The van der Waals surface area contributed by atoms with Crippen LogP contribution in [0.5, 0.6) is 0 Å². The largest absolute Gasteiger partial charge is 0.481 e. The molecule has 0 bridgehead atoms. The van der Waals surface area contributed by atoms with E-state index in [2.05, 4.69) is 0 Å². The first kappa shape index (κ1) is 14.1. The van der Waals surface area contributed by atoms with Gasteiger partial charge in [0.2, 0.25) is 0 Å². The summed E-state index contributed by atoms with van der Waals surface area (Å²) >= 11 is 0. The molecule has 1 atom stereocenters. The van der Waals surface area contributed by atoms with Gasteiger partial charge in [-0.15, -0.1) is 0 Å². The van der Waals surface area contributed by atoms with Gasteiger partial charge >= 0.3 is 5.97 Å². The number of carboxylic acid groups (broad SMARTS) is 1. The Morgan fingerprint density at radius 2 is 1.84 bits per heavy atom. The summed E-state index contributed by atoms with van der Waals surface area (Å²) < 4.78 is 0. The fourth-order valence-electron chi connectivity index (χ4n) is 3.36. The molecule has 0 aliphatic heterocycles. The Kier molecular flexibility index (Phi) is 4.59. The average Bonchev–Trinajstić information content (AvgIpc) is 2.39. The maximum Gasteiger partial charge on any atom is 0.303 e. The first-order valence-electron chi connectivity index (χ1n) is 7.14. The third-order valence-corrected chi connectivity index (χ3v) is 4.32. The van der Waals surface area contributed by atoms with E-state index in [9.17, 15) is 9.90 Å². The van der Waals surface area contributed by atoms with Crippen LogP contribution in [0, 0.1) is 5.41 Å². The smallest absolute Gasteiger partial charge is 0.303 e. The second kappa shape index (κ2) is 6.20. The molecule has 0 spiro atoms. The van der Waals surface area contributed by atoms with Crippen molar-refractivity contribution in [1.82, 2.24) is 0 Å².